The molecule has 0 radical (unpaired) electrons. The zero-order valence-corrected chi connectivity index (χ0v) is 23.9. The lowest BCUT2D eigenvalue weighted by atomic mass is 9.63. The molecule has 2 aromatic carbocycles. The van der Waals surface area contributed by atoms with E-state index in [1.165, 1.54) is 6.07 Å². The number of rotatable bonds is 7. The van der Waals surface area contributed by atoms with Crippen LogP contribution in [0, 0.1) is 11.7 Å². The molecule has 0 spiro atoms. The first-order valence-electron chi connectivity index (χ1n) is 14.2. The number of benzene rings is 2. The van der Waals surface area contributed by atoms with Gasteiger partial charge in [-0.25, -0.2) is 4.39 Å². The summed E-state index contributed by atoms with van der Waals surface area (Å²) >= 11 is 0. The van der Waals surface area contributed by atoms with Crippen molar-refractivity contribution in [1.82, 2.24) is 15.1 Å². The molecule has 4 N–H and O–H groups in total. The molecule has 9 heteroatoms. The van der Waals surface area contributed by atoms with Crippen LogP contribution in [0.4, 0.5) is 10.2 Å². The van der Waals surface area contributed by atoms with Crippen molar-refractivity contribution in [3.63, 3.8) is 0 Å². The van der Waals surface area contributed by atoms with Crippen molar-refractivity contribution in [3.8, 4) is 22.4 Å². The number of nitrogens with zero attached hydrogens (tertiary/aromatic N) is 3. The number of hydrogen-bond acceptors (Lipinski definition) is 6. The summed E-state index contributed by atoms with van der Waals surface area (Å²) in [5, 5.41) is 21.8. The van der Waals surface area contributed by atoms with Crippen molar-refractivity contribution in [1.29, 1.82) is 0 Å². The van der Waals surface area contributed by atoms with E-state index in [-0.39, 0.29) is 36.6 Å². The lowest BCUT2D eigenvalue weighted by Gasteiger charge is -2.49. The summed E-state index contributed by atoms with van der Waals surface area (Å²) in [6, 6.07) is 16.4. The summed E-state index contributed by atoms with van der Waals surface area (Å²) in [5.74, 6) is 0.0609. The van der Waals surface area contributed by atoms with Crippen LogP contribution in [-0.2, 0) is 15.1 Å². The van der Waals surface area contributed by atoms with Gasteiger partial charge in [0.2, 0.25) is 11.8 Å². The van der Waals surface area contributed by atoms with Crippen molar-refractivity contribution >= 4 is 17.6 Å². The predicted molar refractivity (Wildman–Crippen MR) is 156 cm³/mol. The number of nitrogens with one attached hydrogen (secondary N) is 1. The van der Waals surface area contributed by atoms with Gasteiger partial charge >= 0.3 is 0 Å². The summed E-state index contributed by atoms with van der Waals surface area (Å²) in [6.07, 6.45) is 4.51. The summed E-state index contributed by atoms with van der Waals surface area (Å²) < 4.78 is 15.3. The Morgan fingerprint density at radius 1 is 1.05 bits per heavy atom. The molecule has 41 heavy (non-hydrogen) atoms. The minimum Gasteiger partial charge on any atom is -0.390 e. The molecule has 0 saturated heterocycles. The van der Waals surface area contributed by atoms with E-state index in [2.05, 4.69) is 15.5 Å². The average molecular weight is 560 g/mol. The summed E-state index contributed by atoms with van der Waals surface area (Å²) in [5.41, 5.74) is 7.56. The Bertz CT molecular complexity index is 1430. The van der Waals surface area contributed by atoms with Crippen molar-refractivity contribution in [3.05, 3.63) is 66.0 Å². The number of aromatic nitrogens is 2. The molecule has 216 valence electrons. The quantitative estimate of drug-likeness (QED) is 0.374. The van der Waals surface area contributed by atoms with Crippen molar-refractivity contribution in [2.24, 2.45) is 11.7 Å². The molecular formula is C32H38FN5O3. The van der Waals surface area contributed by atoms with Crippen LogP contribution < -0.4 is 11.1 Å². The predicted octanol–water partition coefficient (Wildman–Crippen LogP) is 5.01. The fourth-order valence-corrected chi connectivity index (χ4v) is 6.52. The van der Waals surface area contributed by atoms with E-state index in [1.54, 1.807) is 36.9 Å². The molecule has 2 fully saturated rings. The van der Waals surface area contributed by atoms with Gasteiger partial charge < -0.3 is 21.1 Å². The number of aliphatic hydroxyl groups is 1. The summed E-state index contributed by atoms with van der Waals surface area (Å²) in [7, 11) is 1.84. The van der Waals surface area contributed by atoms with E-state index in [9.17, 15) is 14.7 Å². The van der Waals surface area contributed by atoms with Crippen LogP contribution in [0.25, 0.3) is 22.4 Å². The Morgan fingerprint density at radius 3 is 2.34 bits per heavy atom. The number of hydrogen-bond donors (Lipinski definition) is 3. The fourth-order valence-electron chi connectivity index (χ4n) is 6.52. The van der Waals surface area contributed by atoms with Gasteiger partial charge in [-0.1, -0.05) is 42.5 Å². The minimum atomic E-state index is -0.906. The average Bonchev–Trinajstić information content (AvgIpc) is 2.92. The van der Waals surface area contributed by atoms with Crippen LogP contribution in [0.5, 0.6) is 0 Å². The highest BCUT2D eigenvalue weighted by Crippen LogP contribution is 2.47. The van der Waals surface area contributed by atoms with E-state index in [4.69, 9.17) is 5.73 Å². The second-order valence-electron chi connectivity index (χ2n) is 12.1. The normalized spacial score (nSPS) is 25.7. The summed E-state index contributed by atoms with van der Waals surface area (Å²) in [4.78, 5) is 26.4. The largest absolute Gasteiger partial charge is 0.390 e. The smallest absolute Gasteiger partial charge is 0.225 e. The molecule has 0 aliphatic heterocycles. The highest BCUT2D eigenvalue weighted by Gasteiger charge is 2.50. The Hall–Kier alpha value is -3.69. The first-order valence-corrected chi connectivity index (χ1v) is 14.2. The van der Waals surface area contributed by atoms with Crippen LogP contribution in [0.1, 0.15) is 64.4 Å². The molecule has 8 nitrogen and oxygen atoms in total. The number of nitrogens with two attached hydrogens (primary N) is 1. The summed E-state index contributed by atoms with van der Waals surface area (Å²) in [6.45, 7) is 3.28. The molecule has 5 rings (SSSR count). The Labute approximate surface area is 240 Å². The van der Waals surface area contributed by atoms with Gasteiger partial charge in [0.05, 0.1) is 5.60 Å². The van der Waals surface area contributed by atoms with Crippen molar-refractivity contribution in [2.45, 2.75) is 76.0 Å². The topological polar surface area (TPSA) is 121 Å². The van der Waals surface area contributed by atoms with Crippen LogP contribution >= 0.6 is 0 Å². The maximum atomic E-state index is 15.3. The standard InChI is InChI=1S/C32H38FN5O3/c1-20(39)38(3)24-12-9-21(10-13-24)15-29(40)35-28-17-25(22-7-5-4-6-8-22)30(37-36-28)23-11-14-26(27(33)16-23)32(34)18-31(2,41)19-32/h4-8,11,14,16-17,21,24,41H,9-10,12-13,15,18-19,34H2,1-3H3,(H,35,36,40)/t21-,24-,31?,32?. The van der Waals surface area contributed by atoms with Gasteiger partial charge in [0, 0.05) is 48.7 Å². The molecule has 1 heterocycles. The Kier molecular flexibility index (Phi) is 7.94. The van der Waals surface area contributed by atoms with Crippen LogP contribution in [0.3, 0.4) is 0 Å². The maximum Gasteiger partial charge on any atom is 0.225 e. The van der Waals surface area contributed by atoms with E-state index in [1.807, 2.05) is 37.4 Å². The van der Waals surface area contributed by atoms with Gasteiger partial charge in [-0.3, -0.25) is 9.59 Å². The molecule has 2 saturated carbocycles. The van der Waals surface area contributed by atoms with E-state index in [0.29, 0.717) is 34.6 Å². The van der Waals surface area contributed by atoms with Gasteiger partial charge in [-0.2, -0.15) is 0 Å². The van der Waals surface area contributed by atoms with Gasteiger partial charge in [0.15, 0.2) is 5.82 Å². The maximum absolute atomic E-state index is 15.3. The Balaban J connectivity index is 1.33. The highest BCUT2D eigenvalue weighted by molar-refractivity contribution is 5.91. The molecule has 2 aliphatic carbocycles. The minimum absolute atomic E-state index is 0.0667. The molecule has 1 aromatic heterocycles. The molecule has 0 unspecified atom stereocenters. The molecular weight excluding hydrogens is 521 g/mol. The zero-order valence-electron chi connectivity index (χ0n) is 23.9. The van der Waals surface area contributed by atoms with E-state index >= 15 is 4.39 Å². The van der Waals surface area contributed by atoms with Gasteiger partial charge in [-0.05, 0) is 69.1 Å². The third-order valence-electron chi connectivity index (χ3n) is 8.65. The second kappa shape index (κ2) is 11.3. The third kappa shape index (κ3) is 6.31. The van der Waals surface area contributed by atoms with Crippen molar-refractivity contribution < 1.29 is 19.1 Å². The molecule has 3 aromatic rings. The van der Waals surface area contributed by atoms with E-state index in [0.717, 1.165) is 31.2 Å². The number of carbonyl (C=O) groups excluding carboxylic acids is 2. The molecule has 0 atom stereocenters. The fraction of sp³-hybridized carbons (Fsp3) is 0.438. The lowest BCUT2D eigenvalue weighted by molar-refractivity contribution is -0.130. The third-order valence-corrected chi connectivity index (χ3v) is 8.65. The number of halogens is 1. The molecule has 2 amide bonds. The SMILES string of the molecule is CC(=O)N(C)[C@H]1CC[C@H](CC(=O)Nc2cc(-c3ccccc3)c(-c3ccc(C4(N)CC(C)(O)C4)c(F)c3)nn2)CC1. The van der Waals surface area contributed by atoms with E-state index < -0.39 is 17.0 Å². The van der Waals surface area contributed by atoms with Crippen molar-refractivity contribution in [2.75, 3.05) is 12.4 Å². The number of amides is 2. The monoisotopic (exact) mass is 559 g/mol. The number of carbonyl (C=O) groups is 2. The van der Waals surface area contributed by atoms with Gasteiger partial charge in [0.1, 0.15) is 11.5 Å². The van der Waals surface area contributed by atoms with Crippen LogP contribution in [0.15, 0.2) is 54.6 Å². The molecule has 0 bridgehead atoms. The highest BCUT2D eigenvalue weighted by atomic mass is 19.1. The number of anilines is 1. The Morgan fingerprint density at radius 2 is 1.73 bits per heavy atom. The van der Waals surface area contributed by atoms with Gasteiger partial charge in [-0.15, -0.1) is 10.2 Å². The van der Waals surface area contributed by atoms with Crippen LogP contribution in [-0.4, -0.2) is 50.7 Å². The second-order valence-corrected chi connectivity index (χ2v) is 12.1. The first-order chi connectivity index (χ1) is 19.4. The van der Waals surface area contributed by atoms with Gasteiger partial charge in [0.25, 0.3) is 0 Å². The molecule has 2 aliphatic rings. The first kappa shape index (κ1) is 28.8. The van der Waals surface area contributed by atoms with Crippen LogP contribution in [0.2, 0.25) is 0 Å². The lowest BCUT2D eigenvalue weighted by Crippen LogP contribution is -2.58. The zero-order chi connectivity index (χ0) is 29.4.